The van der Waals surface area contributed by atoms with Gasteiger partial charge in [0.15, 0.2) is 0 Å². The predicted octanol–water partition coefficient (Wildman–Crippen LogP) is 4.87. The summed E-state index contributed by atoms with van der Waals surface area (Å²) in [5.41, 5.74) is 1.34. The number of rotatable bonds is 13. The van der Waals surface area contributed by atoms with Gasteiger partial charge >= 0.3 is 0 Å². The average Bonchev–Trinajstić information content (AvgIpc) is 3.38. The number of nitrogens with one attached hydrogen (secondary N) is 1. The lowest BCUT2D eigenvalue weighted by molar-refractivity contribution is -0.141. The molecule has 0 bridgehead atoms. The molecule has 0 aliphatic heterocycles. The smallest absolute Gasteiger partial charge is 0.242 e. The van der Waals surface area contributed by atoms with Crippen molar-refractivity contribution >= 4 is 43.5 Å². The molecule has 1 unspecified atom stereocenters. The molecule has 1 saturated carbocycles. The molecule has 1 fully saturated rings. The summed E-state index contributed by atoms with van der Waals surface area (Å²) in [6.07, 6.45) is 5.65. The molecule has 0 aromatic heterocycles. The highest BCUT2D eigenvalue weighted by molar-refractivity contribution is 9.10. The van der Waals surface area contributed by atoms with E-state index in [9.17, 15) is 18.0 Å². The Bertz CT molecular complexity index is 1200. The molecule has 1 N–H and O–H groups in total. The van der Waals surface area contributed by atoms with Crippen molar-refractivity contribution in [1.82, 2.24) is 10.2 Å². The number of ether oxygens (including phenoxy) is 1. The first-order chi connectivity index (χ1) is 18.1. The molecule has 0 radical (unpaired) electrons. The molecule has 0 spiro atoms. The van der Waals surface area contributed by atoms with Crippen LogP contribution in [0.3, 0.4) is 0 Å². The molecule has 1 atom stereocenters. The summed E-state index contributed by atoms with van der Waals surface area (Å²) in [6.45, 7) is 4.38. The Hall–Kier alpha value is -2.59. The molecule has 8 nitrogen and oxygen atoms in total. The Morgan fingerprint density at radius 1 is 1.13 bits per heavy atom. The zero-order valence-corrected chi connectivity index (χ0v) is 24.8. The van der Waals surface area contributed by atoms with Gasteiger partial charge in [-0.05, 0) is 62.9 Å². The minimum Gasteiger partial charge on any atom is -0.492 e. The molecule has 2 aromatic carbocycles. The van der Waals surface area contributed by atoms with Crippen molar-refractivity contribution in [3.8, 4) is 5.75 Å². The van der Waals surface area contributed by atoms with E-state index in [0.717, 1.165) is 42.0 Å². The number of para-hydroxylation sites is 2. The number of hydrogen-bond acceptors (Lipinski definition) is 5. The van der Waals surface area contributed by atoms with Crippen LogP contribution in [0.2, 0.25) is 0 Å². The molecule has 1 aliphatic rings. The summed E-state index contributed by atoms with van der Waals surface area (Å²) in [7, 11) is -3.61. The first kappa shape index (κ1) is 30.0. The topological polar surface area (TPSA) is 96.0 Å². The van der Waals surface area contributed by atoms with Crippen LogP contribution in [0.5, 0.6) is 5.75 Å². The monoisotopic (exact) mass is 607 g/mol. The summed E-state index contributed by atoms with van der Waals surface area (Å²) >= 11 is 3.47. The molecule has 0 heterocycles. The lowest BCUT2D eigenvalue weighted by Gasteiger charge is -2.30. The molecule has 0 saturated heterocycles. The fourth-order valence-electron chi connectivity index (χ4n) is 4.73. The largest absolute Gasteiger partial charge is 0.492 e. The molecular formula is C28H38BrN3O5S. The van der Waals surface area contributed by atoms with Crippen molar-refractivity contribution in [3.63, 3.8) is 0 Å². The lowest BCUT2D eigenvalue weighted by atomic mass is 10.1. The summed E-state index contributed by atoms with van der Waals surface area (Å²) in [5, 5.41) is 3.10. The maximum Gasteiger partial charge on any atom is 0.242 e. The quantitative estimate of drug-likeness (QED) is 0.350. The van der Waals surface area contributed by atoms with Crippen LogP contribution < -0.4 is 14.4 Å². The molecular weight excluding hydrogens is 570 g/mol. The number of halogens is 1. The zero-order valence-electron chi connectivity index (χ0n) is 22.4. The predicted molar refractivity (Wildman–Crippen MR) is 154 cm³/mol. The Morgan fingerprint density at radius 2 is 1.84 bits per heavy atom. The minimum atomic E-state index is -3.61. The van der Waals surface area contributed by atoms with Crippen molar-refractivity contribution < 1.29 is 22.7 Å². The first-order valence-electron chi connectivity index (χ1n) is 13.1. The third kappa shape index (κ3) is 8.46. The normalized spacial score (nSPS) is 14.6. The second-order valence-corrected chi connectivity index (χ2v) is 12.5. The van der Waals surface area contributed by atoms with Crippen molar-refractivity contribution in [1.29, 1.82) is 0 Å². The lowest BCUT2D eigenvalue weighted by Crippen LogP contribution is -2.49. The van der Waals surface area contributed by atoms with Crippen LogP contribution in [0.1, 0.15) is 57.9 Å². The van der Waals surface area contributed by atoms with Crippen molar-refractivity contribution in [2.75, 3.05) is 23.7 Å². The highest BCUT2D eigenvalue weighted by atomic mass is 79.9. The van der Waals surface area contributed by atoms with Crippen molar-refractivity contribution in [2.45, 2.75) is 71.0 Å². The van der Waals surface area contributed by atoms with Crippen LogP contribution >= 0.6 is 15.9 Å². The zero-order chi connectivity index (χ0) is 27.7. The van der Waals surface area contributed by atoms with Gasteiger partial charge in [-0.25, -0.2) is 8.42 Å². The first-order valence-corrected chi connectivity index (χ1v) is 15.8. The summed E-state index contributed by atoms with van der Waals surface area (Å²) in [6, 6.07) is 14.1. The van der Waals surface area contributed by atoms with Crippen LogP contribution in [0.4, 0.5) is 5.69 Å². The van der Waals surface area contributed by atoms with Gasteiger partial charge in [0.2, 0.25) is 21.8 Å². The third-order valence-electron chi connectivity index (χ3n) is 6.70. The number of nitrogens with zero attached hydrogens (tertiary/aromatic N) is 2. The van der Waals surface area contributed by atoms with E-state index in [1.54, 1.807) is 36.1 Å². The van der Waals surface area contributed by atoms with Crippen LogP contribution in [0.15, 0.2) is 53.0 Å². The summed E-state index contributed by atoms with van der Waals surface area (Å²) < 4.78 is 33.1. The van der Waals surface area contributed by atoms with Crippen LogP contribution in [0, 0.1) is 0 Å². The van der Waals surface area contributed by atoms with Crippen molar-refractivity contribution in [2.24, 2.45) is 0 Å². The third-order valence-corrected chi connectivity index (χ3v) is 8.37. The average molecular weight is 609 g/mol. The molecule has 2 amide bonds. The van der Waals surface area contributed by atoms with Gasteiger partial charge in [-0.1, -0.05) is 53.0 Å². The summed E-state index contributed by atoms with van der Waals surface area (Å²) in [5.74, 6) is 0.106. The maximum atomic E-state index is 13.5. The summed E-state index contributed by atoms with van der Waals surface area (Å²) in [4.78, 5) is 28.2. The van der Waals surface area contributed by atoms with Crippen LogP contribution in [-0.2, 0) is 26.2 Å². The SMILES string of the molecule is CCOc1ccccc1N(CCCC(=O)N(Cc1cccc(Br)c1)C(C)C(=O)NC1CCCC1)S(C)(=O)=O. The van der Waals surface area contributed by atoms with E-state index in [0.29, 0.717) is 18.0 Å². The number of benzene rings is 2. The van der Waals surface area contributed by atoms with E-state index in [2.05, 4.69) is 21.2 Å². The van der Waals surface area contributed by atoms with E-state index in [1.165, 1.54) is 4.31 Å². The molecule has 10 heteroatoms. The number of sulfonamides is 1. The van der Waals surface area contributed by atoms with E-state index in [1.807, 2.05) is 31.2 Å². The maximum absolute atomic E-state index is 13.5. The Labute approximate surface area is 234 Å². The molecule has 2 aromatic rings. The van der Waals surface area contributed by atoms with Crippen LogP contribution in [-0.4, -0.2) is 56.6 Å². The van der Waals surface area contributed by atoms with E-state index in [4.69, 9.17) is 4.74 Å². The minimum absolute atomic E-state index is 0.0951. The van der Waals surface area contributed by atoms with Gasteiger partial charge < -0.3 is 15.0 Å². The van der Waals surface area contributed by atoms with Gasteiger partial charge in [0.25, 0.3) is 0 Å². The number of anilines is 1. The highest BCUT2D eigenvalue weighted by Crippen LogP contribution is 2.30. The van der Waals surface area contributed by atoms with Gasteiger partial charge in [0.1, 0.15) is 11.8 Å². The molecule has 208 valence electrons. The Morgan fingerprint density at radius 3 is 2.50 bits per heavy atom. The van der Waals surface area contributed by atoms with E-state index in [-0.39, 0.29) is 43.8 Å². The van der Waals surface area contributed by atoms with E-state index < -0.39 is 16.1 Å². The standard InChI is InChI=1S/C28H38BrN3O5S/c1-4-37-26-16-8-7-15-25(26)32(38(3,35)36)18-10-17-27(33)31(20-22-11-9-12-23(29)19-22)21(2)28(34)30-24-13-5-6-14-24/h7-9,11-12,15-16,19,21,24H,4-6,10,13-14,17-18,20H2,1-3H3,(H,30,34). The number of amides is 2. The Kier molecular flexibility index (Phi) is 11.0. The van der Waals surface area contributed by atoms with Gasteiger partial charge in [0, 0.05) is 30.0 Å². The highest BCUT2D eigenvalue weighted by Gasteiger charge is 2.29. The van der Waals surface area contributed by atoms with Gasteiger partial charge in [0.05, 0.1) is 18.6 Å². The van der Waals surface area contributed by atoms with Gasteiger partial charge in [-0.2, -0.15) is 0 Å². The van der Waals surface area contributed by atoms with Crippen molar-refractivity contribution in [3.05, 3.63) is 58.6 Å². The van der Waals surface area contributed by atoms with Gasteiger partial charge in [-0.3, -0.25) is 13.9 Å². The number of hydrogen-bond donors (Lipinski definition) is 1. The fourth-order valence-corrected chi connectivity index (χ4v) is 6.15. The molecule has 1 aliphatic carbocycles. The molecule has 38 heavy (non-hydrogen) atoms. The number of carbonyl (C=O) groups excluding carboxylic acids is 2. The van der Waals surface area contributed by atoms with Crippen LogP contribution in [0.25, 0.3) is 0 Å². The molecule has 3 rings (SSSR count). The Balaban J connectivity index is 1.74. The van der Waals surface area contributed by atoms with Gasteiger partial charge in [-0.15, -0.1) is 0 Å². The second-order valence-electron chi connectivity index (χ2n) is 9.66. The fraction of sp³-hybridized carbons (Fsp3) is 0.500. The second kappa shape index (κ2) is 14.0. The van der Waals surface area contributed by atoms with E-state index >= 15 is 0 Å². The number of carbonyl (C=O) groups is 2.